The zero-order chi connectivity index (χ0) is 16.4. The summed E-state index contributed by atoms with van der Waals surface area (Å²) in [6.45, 7) is 4.12. The maximum Gasteiger partial charge on any atom is 0.267 e. The number of amides is 2. The fraction of sp³-hybridized carbons (Fsp3) is 0.556. The van der Waals surface area contributed by atoms with Crippen LogP contribution in [0, 0.1) is 6.92 Å². The van der Waals surface area contributed by atoms with Gasteiger partial charge in [0.1, 0.15) is 5.75 Å². The quantitative estimate of drug-likeness (QED) is 0.929. The zero-order valence-electron chi connectivity index (χ0n) is 13.8. The van der Waals surface area contributed by atoms with Gasteiger partial charge in [-0.05, 0) is 44.4 Å². The van der Waals surface area contributed by atoms with Gasteiger partial charge in [0, 0.05) is 19.0 Å². The molecule has 23 heavy (non-hydrogen) atoms. The minimum atomic E-state index is -0.511. The Labute approximate surface area is 137 Å². The smallest absolute Gasteiger partial charge is 0.267 e. The maximum atomic E-state index is 12.4. The van der Waals surface area contributed by atoms with E-state index in [1.165, 1.54) is 12.8 Å². The largest absolute Gasteiger partial charge is 0.479 e. The van der Waals surface area contributed by atoms with Gasteiger partial charge in [-0.15, -0.1) is 0 Å². The van der Waals surface area contributed by atoms with Crippen LogP contribution in [0.2, 0.25) is 0 Å². The van der Waals surface area contributed by atoms with Gasteiger partial charge in [0.25, 0.3) is 5.91 Å². The highest BCUT2D eigenvalue weighted by Crippen LogP contribution is 2.34. The van der Waals surface area contributed by atoms with E-state index in [0.717, 1.165) is 24.1 Å². The van der Waals surface area contributed by atoms with Crippen LogP contribution in [0.4, 0.5) is 5.69 Å². The number of ether oxygens (including phenoxy) is 1. The lowest BCUT2D eigenvalue weighted by molar-refractivity contribution is -0.125. The number of benzene rings is 1. The molecule has 0 spiro atoms. The molecule has 1 heterocycles. The molecule has 1 unspecified atom stereocenters. The fourth-order valence-corrected chi connectivity index (χ4v) is 3.33. The van der Waals surface area contributed by atoms with Gasteiger partial charge in [0.05, 0.1) is 5.69 Å². The second-order valence-corrected chi connectivity index (χ2v) is 6.52. The van der Waals surface area contributed by atoms with E-state index in [1.54, 1.807) is 11.8 Å². The van der Waals surface area contributed by atoms with Crippen molar-refractivity contribution in [2.24, 2.45) is 0 Å². The van der Waals surface area contributed by atoms with E-state index in [2.05, 4.69) is 5.32 Å². The highest BCUT2D eigenvalue weighted by Gasteiger charge is 2.31. The van der Waals surface area contributed by atoms with Crippen LogP contribution < -0.4 is 15.0 Å². The van der Waals surface area contributed by atoms with Crippen molar-refractivity contribution in [1.29, 1.82) is 0 Å². The summed E-state index contributed by atoms with van der Waals surface area (Å²) >= 11 is 0. The van der Waals surface area contributed by atoms with E-state index in [1.807, 2.05) is 25.1 Å². The first-order valence-corrected chi connectivity index (χ1v) is 8.42. The van der Waals surface area contributed by atoms with E-state index in [9.17, 15) is 9.59 Å². The Morgan fingerprint density at radius 1 is 1.35 bits per heavy atom. The molecule has 5 nitrogen and oxygen atoms in total. The van der Waals surface area contributed by atoms with Gasteiger partial charge in [-0.25, -0.2) is 0 Å². The SMILES string of the molecule is Cc1ccc2c(c1)N(CCC(=O)NC1CCCC1)C(=O)C(C)O2. The molecule has 3 rings (SSSR count). The molecule has 1 aliphatic heterocycles. The molecule has 1 fully saturated rings. The first kappa shape index (κ1) is 15.8. The van der Waals surface area contributed by atoms with Gasteiger partial charge in [-0.2, -0.15) is 0 Å². The summed E-state index contributed by atoms with van der Waals surface area (Å²) in [6, 6.07) is 6.11. The van der Waals surface area contributed by atoms with Crippen molar-refractivity contribution in [3.8, 4) is 5.75 Å². The van der Waals surface area contributed by atoms with Gasteiger partial charge in [0.15, 0.2) is 6.10 Å². The van der Waals surface area contributed by atoms with E-state index >= 15 is 0 Å². The number of hydrogen-bond acceptors (Lipinski definition) is 3. The average molecular weight is 316 g/mol. The van der Waals surface area contributed by atoms with Crippen LogP contribution in [0.1, 0.15) is 44.6 Å². The van der Waals surface area contributed by atoms with Gasteiger partial charge in [-0.1, -0.05) is 18.9 Å². The molecule has 1 aliphatic carbocycles. The lowest BCUT2D eigenvalue weighted by Crippen LogP contribution is -2.46. The number of aryl methyl sites for hydroxylation is 1. The van der Waals surface area contributed by atoms with Crippen LogP contribution in [-0.4, -0.2) is 30.5 Å². The Morgan fingerprint density at radius 3 is 2.83 bits per heavy atom. The third-order valence-corrected chi connectivity index (χ3v) is 4.61. The average Bonchev–Trinajstić information content (AvgIpc) is 3.01. The molecule has 1 atom stereocenters. The molecular weight excluding hydrogens is 292 g/mol. The summed E-state index contributed by atoms with van der Waals surface area (Å²) in [5, 5.41) is 3.07. The molecule has 5 heteroatoms. The van der Waals surface area contributed by atoms with Crippen molar-refractivity contribution in [3.05, 3.63) is 23.8 Å². The van der Waals surface area contributed by atoms with Gasteiger partial charge < -0.3 is 15.0 Å². The lowest BCUT2D eigenvalue weighted by atomic mass is 10.1. The second-order valence-electron chi connectivity index (χ2n) is 6.52. The summed E-state index contributed by atoms with van der Waals surface area (Å²) in [7, 11) is 0. The Kier molecular flexibility index (Phi) is 4.55. The molecular formula is C18H24N2O3. The maximum absolute atomic E-state index is 12.4. The number of carbonyl (C=O) groups is 2. The molecule has 0 saturated heterocycles. The van der Waals surface area contributed by atoms with Crippen LogP contribution >= 0.6 is 0 Å². The third-order valence-electron chi connectivity index (χ3n) is 4.61. The summed E-state index contributed by atoms with van der Waals surface area (Å²) < 4.78 is 5.65. The summed E-state index contributed by atoms with van der Waals surface area (Å²) in [5.41, 5.74) is 1.83. The molecule has 1 aromatic rings. The number of rotatable bonds is 4. The van der Waals surface area contributed by atoms with Crippen LogP contribution in [0.25, 0.3) is 0 Å². The molecule has 0 aromatic heterocycles. The highest BCUT2D eigenvalue weighted by molar-refractivity contribution is 6.00. The molecule has 1 N–H and O–H groups in total. The van der Waals surface area contributed by atoms with Crippen LogP contribution in [0.5, 0.6) is 5.75 Å². The van der Waals surface area contributed by atoms with Crippen molar-refractivity contribution in [2.75, 3.05) is 11.4 Å². The summed E-state index contributed by atoms with van der Waals surface area (Å²) in [4.78, 5) is 26.2. The second kappa shape index (κ2) is 6.60. The van der Waals surface area contributed by atoms with E-state index in [0.29, 0.717) is 24.8 Å². The van der Waals surface area contributed by atoms with E-state index in [-0.39, 0.29) is 11.8 Å². The molecule has 1 aromatic carbocycles. The number of carbonyl (C=O) groups excluding carboxylic acids is 2. The Bertz CT molecular complexity index is 608. The van der Waals surface area contributed by atoms with Crippen molar-refractivity contribution < 1.29 is 14.3 Å². The first-order chi connectivity index (χ1) is 11.0. The number of anilines is 1. The lowest BCUT2D eigenvalue weighted by Gasteiger charge is -2.33. The number of nitrogens with zero attached hydrogens (tertiary/aromatic N) is 1. The minimum Gasteiger partial charge on any atom is -0.479 e. The predicted molar refractivity (Wildman–Crippen MR) is 88.6 cm³/mol. The zero-order valence-corrected chi connectivity index (χ0v) is 13.8. The predicted octanol–water partition coefficient (Wildman–Crippen LogP) is 2.56. The first-order valence-electron chi connectivity index (χ1n) is 8.42. The standard InChI is InChI=1S/C18H24N2O3/c1-12-7-8-16-15(11-12)20(18(22)13(2)23-16)10-9-17(21)19-14-5-3-4-6-14/h7-8,11,13-14H,3-6,9-10H2,1-2H3,(H,19,21). The molecule has 0 radical (unpaired) electrons. The monoisotopic (exact) mass is 316 g/mol. The molecule has 124 valence electrons. The van der Waals surface area contributed by atoms with Crippen molar-refractivity contribution in [2.45, 2.75) is 58.1 Å². The Hall–Kier alpha value is -2.04. The molecule has 1 saturated carbocycles. The van der Waals surface area contributed by atoms with E-state index in [4.69, 9.17) is 4.74 Å². The van der Waals surface area contributed by atoms with Crippen molar-refractivity contribution in [3.63, 3.8) is 0 Å². The molecule has 2 amide bonds. The number of hydrogen-bond donors (Lipinski definition) is 1. The summed E-state index contributed by atoms with van der Waals surface area (Å²) in [5.74, 6) is 0.647. The molecule has 0 bridgehead atoms. The van der Waals surface area contributed by atoms with Crippen LogP contribution in [0.3, 0.4) is 0 Å². The fourth-order valence-electron chi connectivity index (χ4n) is 3.33. The van der Waals surface area contributed by atoms with E-state index < -0.39 is 6.10 Å². The number of nitrogens with one attached hydrogen (secondary N) is 1. The number of fused-ring (bicyclic) bond motifs is 1. The van der Waals surface area contributed by atoms with Gasteiger partial charge >= 0.3 is 0 Å². The Balaban J connectivity index is 1.67. The van der Waals surface area contributed by atoms with Gasteiger partial charge in [0.2, 0.25) is 5.91 Å². The minimum absolute atomic E-state index is 0.0260. The Morgan fingerprint density at radius 2 is 2.09 bits per heavy atom. The third kappa shape index (κ3) is 3.49. The topological polar surface area (TPSA) is 58.6 Å². The van der Waals surface area contributed by atoms with Crippen molar-refractivity contribution in [1.82, 2.24) is 5.32 Å². The molecule has 2 aliphatic rings. The highest BCUT2D eigenvalue weighted by atomic mass is 16.5. The summed E-state index contributed by atoms with van der Waals surface area (Å²) in [6.07, 6.45) is 4.34. The van der Waals surface area contributed by atoms with Gasteiger partial charge in [-0.3, -0.25) is 9.59 Å². The van der Waals surface area contributed by atoms with Crippen molar-refractivity contribution >= 4 is 17.5 Å². The van der Waals surface area contributed by atoms with Crippen LogP contribution in [0.15, 0.2) is 18.2 Å². The normalized spacial score (nSPS) is 21.0. The van der Waals surface area contributed by atoms with Crippen LogP contribution in [-0.2, 0) is 9.59 Å².